The summed E-state index contributed by atoms with van der Waals surface area (Å²) in [5, 5.41) is 45.6. The molecule has 0 spiro atoms. The van der Waals surface area contributed by atoms with Crippen molar-refractivity contribution in [2.24, 2.45) is 15.0 Å². The first-order valence-corrected chi connectivity index (χ1v) is 33.6. The minimum Gasteiger partial charge on any atom is -0.480 e. The number of β-amino-alcohol motifs (C(OH)–C–C–N with tert-alkyl or cyclic N) is 2. The highest BCUT2D eigenvalue weighted by molar-refractivity contribution is 9.10. The smallest absolute Gasteiger partial charge is 0.338 e. The summed E-state index contributed by atoms with van der Waals surface area (Å²) in [6.07, 6.45) is 4.04. The molecule has 6 N–H and O–H groups in total. The monoisotopic (exact) mass is 1450 g/mol. The Morgan fingerprint density at radius 3 is 1.20 bits per heavy atom. The molecule has 94 heavy (non-hydrogen) atoms. The average Bonchev–Trinajstić information content (AvgIpc) is 0.925. The van der Waals surface area contributed by atoms with Gasteiger partial charge in [-0.3, -0.25) is 29.7 Å². The quantitative estimate of drug-likeness (QED) is 0.0296. The number of aliphatic hydroxyl groups excluding tert-OH is 2. The average molecular weight is 1460 g/mol. The molecule has 0 amide bonds. The molecular weight excluding hydrogens is 1390 g/mol. The van der Waals surface area contributed by atoms with Gasteiger partial charge in [0.15, 0.2) is 32.5 Å². The lowest BCUT2D eigenvalue weighted by molar-refractivity contribution is -0.148. The van der Waals surface area contributed by atoms with E-state index in [9.17, 15) is 42.6 Å². The molecule has 6 aliphatic rings. The highest BCUT2D eigenvalue weighted by atomic mass is 79.9. The Kier molecular flexibility index (Phi) is 23.6. The van der Waals surface area contributed by atoms with Crippen molar-refractivity contribution in [3.8, 4) is 0 Å². The molecule has 9 heterocycles. The molecule has 6 aromatic rings. The van der Waals surface area contributed by atoms with Crippen LogP contribution in [0.15, 0.2) is 143 Å². The number of carboxylic acid groups (broad SMARTS) is 1. The molecule has 0 bridgehead atoms. The van der Waals surface area contributed by atoms with Crippen molar-refractivity contribution >= 4 is 115 Å². The molecule has 12 rings (SSSR count). The normalized spacial score (nSPS) is 19.5. The maximum absolute atomic E-state index is 13.7. The standard InChI is InChI=1S/C22H22ClFN4O5S.C20H20BrFN4O3S.C20H20ClFN4O3S/c1-2-32-22(31)18-16(10-28-8-13(9-28)33-11-17(29)30)26-20(21-25-5-6-34-21)27-19(18)14-4-3-12(24)7-15(14)23;2*1-2-29-20(28)16-15(10-26-8-12(27)9-26)24-18(19-23-5-6-30-19)25-17(16)13-4-3-11(22)7-14(13)21/h3-7,13,19H,2,8-11H2,1H3,(H,26,27)(H,29,30);2*3-7,12,17,27H,2,8-10H2,1H3,(H,24,25)/t19-;2*17-/m000/s1. The molecule has 496 valence electrons. The van der Waals surface area contributed by atoms with E-state index in [0.717, 1.165) is 0 Å². The van der Waals surface area contributed by atoms with Gasteiger partial charge in [-0.2, -0.15) is 0 Å². The van der Waals surface area contributed by atoms with Crippen LogP contribution in [-0.4, -0.2) is 190 Å². The van der Waals surface area contributed by atoms with Gasteiger partial charge in [-0.15, -0.1) is 34.0 Å². The summed E-state index contributed by atoms with van der Waals surface area (Å²) >= 11 is 20.3. The van der Waals surface area contributed by atoms with Gasteiger partial charge in [0.25, 0.3) is 0 Å². The molecule has 23 nitrogen and oxygen atoms in total. The number of aliphatic imine (C=N–C) groups is 3. The van der Waals surface area contributed by atoms with E-state index in [2.05, 4.69) is 46.8 Å². The van der Waals surface area contributed by atoms with Crippen LogP contribution in [0.1, 0.15) is 70.6 Å². The van der Waals surface area contributed by atoms with Crippen LogP contribution in [-0.2, 0) is 38.1 Å². The molecular formula is C62H62BrCl2F3N12O11S3. The Bertz CT molecular complexity index is 3780. The summed E-state index contributed by atoms with van der Waals surface area (Å²) in [6.45, 7) is 9.61. The minimum atomic E-state index is -1.02. The van der Waals surface area contributed by atoms with Crippen LogP contribution in [0.5, 0.6) is 0 Å². The van der Waals surface area contributed by atoms with Gasteiger partial charge in [0.2, 0.25) is 0 Å². The van der Waals surface area contributed by atoms with Gasteiger partial charge < -0.3 is 50.2 Å². The van der Waals surface area contributed by atoms with Crippen LogP contribution in [0.2, 0.25) is 10.0 Å². The lowest BCUT2D eigenvalue weighted by Crippen LogP contribution is -2.54. The topological polar surface area (TPSA) is 287 Å². The first-order valence-electron chi connectivity index (χ1n) is 29.4. The van der Waals surface area contributed by atoms with Crippen molar-refractivity contribution in [2.75, 3.05) is 85.3 Å². The van der Waals surface area contributed by atoms with Gasteiger partial charge >= 0.3 is 23.9 Å². The number of benzene rings is 3. The van der Waals surface area contributed by atoms with Gasteiger partial charge in [0.05, 0.1) is 54.9 Å². The fourth-order valence-corrected chi connectivity index (χ4v) is 13.5. The maximum atomic E-state index is 13.7. The Labute approximate surface area is 567 Å². The molecule has 3 atom stereocenters. The largest absolute Gasteiger partial charge is 0.480 e. The third-order valence-electron chi connectivity index (χ3n) is 14.9. The maximum Gasteiger partial charge on any atom is 0.338 e. The third-order valence-corrected chi connectivity index (χ3v) is 18.6. The number of nitrogens with one attached hydrogen (secondary N) is 3. The third kappa shape index (κ3) is 17.0. The van der Waals surface area contributed by atoms with E-state index in [1.807, 2.05) is 30.8 Å². The zero-order chi connectivity index (χ0) is 66.7. The summed E-state index contributed by atoms with van der Waals surface area (Å²) in [4.78, 5) is 82.8. The number of amidine groups is 3. The predicted molar refractivity (Wildman–Crippen MR) is 350 cm³/mol. The Balaban J connectivity index is 0.000000154. The van der Waals surface area contributed by atoms with Crippen molar-refractivity contribution in [2.45, 2.75) is 57.2 Å². The van der Waals surface area contributed by atoms with Crippen molar-refractivity contribution in [1.82, 2.24) is 45.6 Å². The second-order valence-corrected chi connectivity index (χ2v) is 25.9. The number of carbonyl (C=O) groups is 4. The molecule has 6 aliphatic heterocycles. The summed E-state index contributed by atoms with van der Waals surface area (Å²) in [7, 11) is 0. The molecule has 0 aliphatic carbocycles. The molecule has 3 aromatic carbocycles. The molecule has 0 radical (unpaired) electrons. The molecule has 3 aromatic heterocycles. The number of esters is 3. The number of carbonyl (C=O) groups excluding carboxylic acids is 3. The van der Waals surface area contributed by atoms with Gasteiger partial charge in [0, 0.05) is 136 Å². The van der Waals surface area contributed by atoms with E-state index in [0.29, 0.717) is 141 Å². The number of carboxylic acids is 1. The number of hydrogen-bond acceptors (Lipinski definition) is 25. The van der Waals surface area contributed by atoms with Gasteiger partial charge in [0.1, 0.15) is 42.2 Å². The fourth-order valence-electron chi connectivity index (χ4n) is 10.7. The van der Waals surface area contributed by atoms with Gasteiger partial charge in [-0.25, -0.2) is 47.3 Å². The number of aromatic nitrogens is 3. The highest BCUT2D eigenvalue weighted by Gasteiger charge is 2.40. The second-order valence-electron chi connectivity index (χ2n) is 21.6. The zero-order valence-corrected chi connectivity index (χ0v) is 56.0. The van der Waals surface area contributed by atoms with E-state index in [-0.39, 0.29) is 66.2 Å². The fraction of sp³-hybridized carbons (Fsp3) is 0.355. The Hall–Kier alpha value is -7.33. The zero-order valence-electron chi connectivity index (χ0n) is 50.4. The van der Waals surface area contributed by atoms with Crippen LogP contribution >= 0.6 is 73.1 Å². The molecule has 0 unspecified atom stereocenters. The molecule has 3 saturated heterocycles. The summed E-state index contributed by atoms with van der Waals surface area (Å²) in [5.41, 5.74) is 4.36. The van der Waals surface area contributed by atoms with E-state index >= 15 is 0 Å². The Morgan fingerprint density at radius 2 is 0.894 bits per heavy atom. The van der Waals surface area contributed by atoms with Crippen LogP contribution in [0.3, 0.4) is 0 Å². The Morgan fingerprint density at radius 1 is 0.553 bits per heavy atom. The van der Waals surface area contributed by atoms with Crippen LogP contribution in [0.4, 0.5) is 13.2 Å². The van der Waals surface area contributed by atoms with E-state index in [4.69, 9.17) is 62.2 Å². The molecule has 3 fully saturated rings. The number of halogens is 6. The van der Waals surface area contributed by atoms with Gasteiger partial charge in [-0.05, 0) is 62.7 Å². The molecule has 0 saturated carbocycles. The van der Waals surface area contributed by atoms with E-state index < -0.39 is 53.6 Å². The predicted octanol–water partition coefficient (Wildman–Crippen LogP) is 7.78. The van der Waals surface area contributed by atoms with Crippen LogP contribution in [0.25, 0.3) is 0 Å². The number of nitrogens with zero attached hydrogens (tertiary/aromatic N) is 9. The lowest BCUT2D eigenvalue weighted by atomic mass is 9.94. The van der Waals surface area contributed by atoms with Crippen LogP contribution in [0, 0.1) is 17.5 Å². The second kappa shape index (κ2) is 31.9. The first kappa shape index (κ1) is 69.5. The lowest BCUT2D eigenvalue weighted by Gasteiger charge is -2.40. The van der Waals surface area contributed by atoms with Crippen molar-refractivity contribution in [1.29, 1.82) is 0 Å². The SMILES string of the molecule is CCOC(=O)C1=C(CN2CC(O)C2)NC(c2nccs2)=N[C@H]1c1ccc(F)cc1Br.CCOC(=O)C1=C(CN2CC(O)C2)NC(c2nccs2)=N[C@H]1c1ccc(F)cc1Cl.CCOC(=O)C1=C(CN2CC(OCC(=O)O)C2)NC(c2nccs2)=N[C@H]1c1ccc(F)cc1Cl. The summed E-state index contributed by atoms with van der Waals surface area (Å²) in [6, 6.07) is 9.97. The molecule has 32 heteroatoms. The van der Waals surface area contributed by atoms with Crippen molar-refractivity contribution in [3.63, 3.8) is 0 Å². The number of aliphatic carboxylic acids is 1. The van der Waals surface area contributed by atoms with Gasteiger partial charge in [-0.1, -0.05) is 57.3 Å². The minimum absolute atomic E-state index is 0.140. The highest BCUT2D eigenvalue weighted by Crippen LogP contribution is 2.41. The first-order chi connectivity index (χ1) is 45.3. The van der Waals surface area contributed by atoms with E-state index in [1.165, 1.54) is 82.5 Å². The summed E-state index contributed by atoms with van der Waals surface area (Å²) in [5.74, 6) is -2.45. The number of aliphatic hydroxyl groups is 2. The number of rotatable bonds is 21. The van der Waals surface area contributed by atoms with Crippen LogP contribution < -0.4 is 16.0 Å². The number of likely N-dealkylation sites (tertiary alicyclic amines) is 3. The number of thiazole rings is 3. The number of hydrogen-bond donors (Lipinski definition) is 6. The number of ether oxygens (including phenoxy) is 4. The van der Waals surface area contributed by atoms with E-state index in [1.54, 1.807) is 45.4 Å². The summed E-state index contributed by atoms with van der Waals surface area (Å²) < 4.78 is 62.9. The van der Waals surface area contributed by atoms with Crippen molar-refractivity contribution < 1.29 is 66.6 Å². The van der Waals surface area contributed by atoms with Crippen molar-refractivity contribution in [3.05, 3.63) is 187 Å².